The van der Waals surface area contributed by atoms with Crippen LogP contribution in [0.2, 0.25) is 0 Å². The number of hydrogen-bond acceptors (Lipinski definition) is 4. The van der Waals surface area contributed by atoms with E-state index in [2.05, 4.69) is 54.5 Å². The summed E-state index contributed by atoms with van der Waals surface area (Å²) in [6.07, 6.45) is 9.13. The summed E-state index contributed by atoms with van der Waals surface area (Å²) in [6, 6.07) is 0. The standard InChI is InChI=1S/C30H48O4/c1-25(2)15-18-17-9-10-20-27(5)13-12-21(31)26(3,4)19(27)11-14-28(20,6)29(17,7)16-22-30(18,33-8)23(32)24(25)34-22/h9,18-24,31-32H,10-16H2,1-8H3. The van der Waals surface area contributed by atoms with Crippen LogP contribution in [-0.4, -0.2) is 47.3 Å². The number of hydrogen-bond donors (Lipinski definition) is 2. The monoisotopic (exact) mass is 472 g/mol. The molecule has 11 atom stereocenters. The smallest absolute Gasteiger partial charge is 0.129 e. The second-order valence-electron chi connectivity index (χ2n) is 15.2. The molecule has 0 radical (unpaired) electrons. The highest BCUT2D eigenvalue weighted by molar-refractivity contribution is 5.39. The van der Waals surface area contributed by atoms with Crippen LogP contribution < -0.4 is 0 Å². The van der Waals surface area contributed by atoms with E-state index in [1.54, 1.807) is 12.7 Å². The molecule has 5 aliphatic carbocycles. The van der Waals surface area contributed by atoms with E-state index in [1.807, 2.05) is 0 Å². The summed E-state index contributed by atoms with van der Waals surface area (Å²) in [5, 5.41) is 22.5. The van der Waals surface area contributed by atoms with Gasteiger partial charge in [0.15, 0.2) is 0 Å². The molecule has 0 spiro atoms. The summed E-state index contributed by atoms with van der Waals surface area (Å²) >= 11 is 0. The largest absolute Gasteiger partial charge is 0.393 e. The first-order chi connectivity index (χ1) is 15.7. The molecule has 0 aromatic heterocycles. The first kappa shape index (κ1) is 23.9. The molecule has 0 aromatic rings. The van der Waals surface area contributed by atoms with Crippen LogP contribution in [0.4, 0.5) is 0 Å². The number of fused-ring (bicyclic) bond motifs is 7. The Hall–Kier alpha value is -0.420. The van der Waals surface area contributed by atoms with Gasteiger partial charge >= 0.3 is 0 Å². The number of ether oxygens (including phenoxy) is 2. The zero-order chi connectivity index (χ0) is 24.7. The lowest BCUT2D eigenvalue weighted by Gasteiger charge is -2.71. The minimum Gasteiger partial charge on any atom is -0.393 e. The minimum atomic E-state index is -0.604. The van der Waals surface area contributed by atoms with Gasteiger partial charge in [-0.25, -0.2) is 0 Å². The molecule has 4 nitrogen and oxygen atoms in total. The van der Waals surface area contributed by atoms with E-state index in [1.165, 1.54) is 12.8 Å². The van der Waals surface area contributed by atoms with Crippen LogP contribution in [0, 0.1) is 44.8 Å². The van der Waals surface area contributed by atoms with E-state index >= 15 is 0 Å². The number of rotatable bonds is 1. The molecular formula is C30H48O4. The molecule has 4 heteroatoms. The van der Waals surface area contributed by atoms with Gasteiger partial charge in [-0.05, 0) is 83.9 Å². The third-order valence-corrected chi connectivity index (χ3v) is 13.4. The molecular weight excluding hydrogens is 424 g/mol. The Morgan fingerprint density at radius 1 is 0.941 bits per heavy atom. The quantitative estimate of drug-likeness (QED) is 0.494. The Balaban J connectivity index is 1.48. The van der Waals surface area contributed by atoms with Gasteiger partial charge in [0.25, 0.3) is 0 Å². The Bertz CT molecular complexity index is 923. The number of aliphatic hydroxyl groups excluding tert-OH is 2. The summed E-state index contributed by atoms with van der Waals surface area (Å²) in [7, 11) is 1.80. The van der Waals surface area contributed by atoms with Crippen LogP contribution in [0.25, 0.3) is 0 Å². The summed E-state index contributed by atoms with van der Waals surface area (Å²) < 4.78 is 13.1. The molecule has 1 saturated heterocycles. The molecule has 6 rings (SSSR count). The molecule has 2 N–H and O–H groups in total. The normalized spacial score (nSPS) is 58.9. The van der Waals surface area contributed by atoms with Gasteiger partial charge in [0.1, 0.15) is 11.7 Å². The van der Waals surface area contributed by atoms with Crippen molar-refractivity contribution in [3.05, 3.63) is 11.6 Å². The highest BCUT2D eigenvalue weighted by Crippen LogP contribution is 2.76. The minimum absolute atomic E-state index is 0.0294. The highest BCUT2D eigenvalue weighted by Gasteiger charge is 2.76. The molecule has 1 aliphatic heterocycles. The van der Waals surface area contributed by atoms with Crippen LogP contribution in [0.5, 0.6) is 0 Å². The lowest BCUT2D eigenvalue weighted by Crippen LogP contribution is -2.70. The molecule has 4 saturated carbocycles. The third-order valence-electron chi connectivity index (χ3n) is 13.4. The van der Waals surface area contributed by atoms with E-state index in [-0.39, 0.29) is 51.3 Å². The third kappa shape index (κ3) is 2.42. The summed E-state index contributed by atoms with van der Waals surface area (Å²) in [6.45, 7) is 16.9. The average molecular weight is 473 g/mol. The molecule has 192 valence electrons. The maximum Gasteiger partial charge on any atom is 0.129 e. The SMILES string of the molecule is COC12C3CC4(C)C(=CCC5C6(C)CCC(O)C(C)(C)C6CCC54C)C1CC(C)(C)C(O3)C2O. The Morgan fingerprint density at radius 3 is 2.32 bits per heavy atom. The molecule has 5 fully saturated rings. The van der Waals surface area contributed by atoms with Crippen molar-refractivity contribution in [3.8, 4) is 0 Å². The molecule has 0 amide bonds. The zero-order valence-electron chi connectivity index (χ0n) is 22.8. The van der Waals surface area contributed by atoms with E-state index in [0.717, 1.165) is 32.1 Å². The fourth-order valence-corrected chi connectivity index (χ4v) is 11.4. The van der Waals surface area contributed by atoms with E-state index in [0.29, 0.717) is 11.8 Å². The second-order valence-corrected chi connectivity index (χ2v) is 15.2. The highest BCUT2D eigenvalue weighted by atomic mass is 16.6. The van der Waals surface area contributed by atoms with Crippen LogP contribution >= 0.6 is 0 Å². The van der Waals surface area contributed by atoms with Crippen molar-refractivity contribution in [3.63, 3.8) is 0 Å². The van der Waals surface area contributed by atoms with E-state index in [9.17, 15) is 10.2 Å². The molecule has 11 unspecified atom stereocenters. The number of allylic oxidation sites excluding steroid dienone is 1. The molecule has 34 heavy (non-hydrogen) atoms. The maximum absolute atomic E-state index is 11.5. The predicted molar refractivity (Wildman–Crippen MR) is 133 cm³/mol. The van der Waals surface area contributed by atoms with Crippen molar-refractivity contribution in [2.75, 3.05) is 7.11 Å². The zero-order valence-corrected chi connectivity index (χ0v) is 22.8. The van der Waals surface area contributed by atoms with Crippen LogP contribution in [0.3, 0.4) is 0 Å². The lowest BCUT2D eigenvalue weighted by molar-refractivity contribution is -0.223. The number of aliphatic hydroxyl groups is 2. The lowest BCUT2D eigenvalue weighted by atomic mass is 9.34. The number of methoxy groups -OCH3 is 1. The van der Waals surface area contributed by atoms with Gasteiger partial charge in [0, 0.05) is 13.0 Å². The van der Waals surface area contributed by atoms with Crippen molar-refractivity contribution in [2.45, 2.75) is 123 Å². The van der Waals surface area contributed by atoms with Crippen molar-refractivity contribution in [2.24, 2.45) is 44.8 Å². The van der Waals surface area contributed by atoms with Crippen molar-refractivity contribution in [1.29, 1.82) is 0 Å². The molecule has 1 heterocycles. The van der Waals surface area contributed by atoms with Gasteiger partial charge in [-0.2, -0.15) is 0 Å². The maximum atomic E-state index is 11.5. The molecule has 2 bridgehead atoms. The fourth-order valence-electron chi connectivity index (χ4n) is 11.4. The Kier molecular flexibility index (Phi) is 4.73. The van der Waals surface area contributed by atoms with Crippen LogP contribution in [0.1, 0.15) is 93.4 Å². The van der Waals surface area contributed by atoms with Gasteiger partial charge < -0.3 is 19.7 Å². The van der Waals surface area contributed by atoms with Crippen molar-refractivity contribution < 1.29 is 19.7 Å². The van der Waals surface area contributed by atoms with Gasteiger partial charge in [0.2, 0.25) is 0 Å². The molecule has 0 aromatic carbocycles. The Labute approximate surface area is 206 Å². The van der Waals surface area contributed by atoms with Gasteiger partial charge in [-0.15, -0.1) is 0 Å². The van der Waals surface area contributed by atoms with E-state index < -0.39 is 11.7 Å². The first-order valence-corrected chi connectivity index (χ1v) is 14.0. The van der Waals surface area contributed by atoms with Crippen LogP contribution in [0.15, 0.2) is 11.6 Å². The van der Waals surface area contributed by atoms with Gasteiger partial charge in [-0.1, -0.05) is 60.1 Å². The van der Waals surface area contributed by atoms with Crippen LogP contribution in [-0.2, 0) is 9.47 Å². The van der Waals surface area contributed by atoms with Crippen molar-refractivity contribution in [1.82, 2.24) is 0 Å². The summed E-state index contributed by atoms with van der Waals surface area (Å²) in [5.74, 6) is 1.37. The topological polar surface area (TPSA) is 58.9 Å². The second kappa shape index (κ2) is 6.71. The first-order valence-electron chi connectivity index (χ1n) is 14.0. The molecule has 6 aliphatic rings. The average Bonchev–Trinajstić information content (AvgIpc) is 3.00. The fraction of sp³-hybridized carbons (Fsp3) is 0.933. The van der Waals surface area contributed by atoms with Gasteiger partial charge in [-0.3, -0.25) is 0 Å². The van der Waals surface area contributed by atoms with Gasteiger partial charge in [0.05, 0.1) is 18.3 Å². The summed E-state index contributed by atoms with van der Waals surface area (Å²) in [4.78, 5) is 0. The predicted octanol–water partition coefficient (Wildman–Crippen LogP) is 5.51. The van der Waals surface area contributed by atoms with E-state index in [4.69, 9.17) is 9.47 Å². The van der Waals surface area contributed by atoms with Crippen molar-refractivity contribution >= 4 is 0 Å². The summed E-state index contributed by atoms with van der Waals surface area (Å²) in [5.41, 5.74) is 1.31. The Morgan fingerprint density at radius 2 is 1.65 bits per heavy atom.